The Kier molecular flexibility index (Phi) is 7.22. The van der Waals surface area contributed by atoms with Gasteiger partial charge in [0.1, 0.15) is 18.2 Å². The Morgan fingerprint density at radius 1 is 1.08 bits per heavy atom. The molecule has 0 bridgehead atoms. The molecule has 2 atom stereocenters. The number of hydrogen-bond donors (Lipinski definition) is 3. The topological polar surface area (TPSA) is 114 Å². The summed E-state index contributed by atoms with van der Waals surface area (Å²) in [4.78, 5) is 34.9. The summed E-state index contributed by atoms with van der Waals surface area (Å²) >= 11 is 0. The van der Waals surface area contributed by atoms with Crippen LogP contribution in [-0.2, 0) is 20.9 Å². The number of ether oxygens (including phenoxy) is 2. The minimum atomic E-state index is -1.36. The van der Waals surface area contributed by atoms with Gasteiger partial charge in [-0.05, 0) is 33.3 Å². The Hall–Kier alpha value is -2.77. The number of carbonyl (C=O) groups is 3. The number of rotatable bonds is 6. The van der Waals surface area contributed by atoms with E-state index >= 15 is 0 Å². The summed E-state index contributed by atoms with van der Waals surface area (Å²) in [6.45, 7) is 6.47. The molecule has 3 N–H and O–H groups in total. The van der Waals surface area contributed by atoms with Crippen LogP contribution in [0, 0.1) is 0 Å². The van der Waals surface area contributed by atoms with Gasteiger partial charge in [-0.15, -0.1) is 0 Å². The summed E-state index contributed by atoms with van der Waals surface area (Å²) in [5.74, 6) is -1.30. The minimum absolute atomic E-state index is 0.0522. The lowest BCUT2D eigenvalue weighted by Crippen LogP contribution is -2.55. The van der Waals surface area contributed by atoms with E-state index in [9.17, 15) is 19.5 Å². The minimum Gasteiger partial charge on any atom is -0.480 e. The highest BCUT2D eigenvalue weighted by molar-refractivity contribution is 5.81. The number of alkyl carbamates (subject to hydrolysis) is 2. The van der Waals surface area contributed by atoms with E-state index in [4.69, 9.17) is 9.47 Å². The van der Waals surface area contributed by atoms with Crippen molar-refractivity contribution in [3.8, 4) is 0 Å². The molecule has 1 aromatic rings. The third kappa shape index (κ3) is 8.05. The standard InChI is InChI=1S/C17H24N2O6/c1-11(13(14(20)21)19-16(23)25-17(2,3)4)18-15(22)24-10-12-8-6-5-7-9-12/h5-9,11,13H,10H2,1-4H3,(H,18,22)(H,19,23)(H,20,21)/t11-,13-/m0/s1. The summed E-state index contributed by atoms with van der Waals surface area (Å²) in [5.41, 5.74) is 0.0327. The molecule has 2 amide bonds. The van der Waals surface area contributed by atoms with Crippen LogP contribution in [0.3, 0.4) is 0 Å². The number of nitrogens with one attached hydrogen (secondary N) is 2. The monoisotopic (exact) mass is 352 g/mol. The number of benzene rings is 1. The van der Waals surface area contributed by atoms with Crippen molar-refractivity contribution in [1.29, 1.82) is 0 Å². The zero-order valence-electron chi connectivity index (χ0n) is 14.7. The molecule has 0 aliphatic rings. The first-order chi connectivity index (χ1) is 11.6. The lowest BCUT2D eigenvalue weighted by Gasteiger charge is -2.25. The lowest BCUT2D eigenvalue weighted by atomic mass is 10.1. The fourth-order valence-corrected chi connectivity index (χ4v) is 1.87. The third-order valence-corrected chi connectivity index (χ3v) is 3.00. The van der Waals surface area contributed by atoms with Gasteiger partial charge in [0.2, 0.25) is 0 Å². The highest BCUT2D eigenvalue weighted by Gasteiger charge is 2.30. The van der Waals surface area contributed by atoms with E-state index in [0.717, 1.165) is 5.56 Å². The van der Waals surface area contributed by atoms with Gasteiger partial charge in [-0.1, -0.05) is 30.3 Å². The van der Waals surface area contributed by atoms with Gasteiger partial charge in [0.25, 0.3) is 0 Å². The molecule has 0 radical (unpaired) electrons. The highest BCUT2D eigenvalue weighted by Crippen LogP contribution is 2.07. The maximum Gasteiger partial charge on any atom is 0.408 e. The van der Waals surface area contributed by atoms with Crippen molar-refractivity contribution in [3.05, 3.63) is 35.9 Å². The van der Waals surface area contributed by atoms with Crippen LogP contribution in [0.25, 0.3) is 0 Å². The Bertz CT molecular complexity index is 597. The largest absolute Gasteiger partial charge is 0.480 e. The molecule has 8 heteroatoms. The summed E-state index contributed by atoms with van der Waals surface area (Å²) in [7, 11) is 0. The van der Waals surface area contributed by atoms with Crippen LogP contribution in [0.5, 0.6) is 0 Å². The van der Waals surface area contributed by atoms with Crippen molar-refractivity contribution >= 4 is 18.2 Å². The van der Waals surface area contributed by atoms with Crippen molar-refractivity contribution in [1.82, 2.24) is 10.6 Å². The maximum absolute atomic E-state index is 11.8. The van der Waals surface area contributed by atoms with Crippen molar-refractivity contribution < 1.29 is 29.0 Å². The van der Waals surface area contributed by atoms with E-state index in [1.54, 1.807) is 32.9 Å². The highest BCUT2D eigenvalue weighted by atomic mass is 16.6. The molecular weight excluding hydrogens is 328 g/mol. The predicted octanol–water partition coefficient (Wildman–Crippen LogP) is 2.28. The summed E-state index contributed by atoms with van der Waals surface area (Å²) in [6, 6.07) is 6.77. The van der Waals surface area contributed by atoms with Crippen LogP contribution in [0.4, 0.5) is 9.59 Å². The molecule has 0 heterocycles. The van der Waals surface area contributed by atoms with E-state index in [-0.39, 0.29) is 6.61 Å². The second kappa shape index (κ2) is 8.91. The molecular formula is C17H24N2O6. The van der Waals surface area contributed by atoms with Crippen LogP contribution in [0.2, 0.25) is 0 Å². The van der Waals surface area contributed by atoms with Crippen LogP contribution in [-0.4, -0.2) is 40.9 Å². The first kappa shape index (κ1) is 20.3. The predicted molar refractivity (Wildman–Crippen MR) is 90.0 cm³/mol. The van der Waals surface area contributed by atoms with Crippen LogP contribution in [0.15, 0.2) is 30.3 Å². The summed E-state index contributed by atoms with van der Waals surface area (Å²) in [6.07, 6.45) is -1.67. The van der Waals surface area contributed by atoms with Gasteiger partial charge in [-0.2, -0.15) is 0 Å². The first-order valence-corrected chi connectivity index (χ1v) is 7.78. The van der Waals surface area contributed by atoms with Crippen LogP contribution < -0.4 is 10.6 Å². The molecule has 138 valence electrons. The molecule has 0 unspecified atom stereocenters. The van der Waals surface area contributed by atoms with Gasteiger partial charge in [0, 0.05) is 0 Å². The van der Waals surface area contributed by atoms with Crippen molar-refractivity contribution in [3.63, 3.8) is 0 Å². The average Bonchev–Trinajstić information content (AvgIpc) is 2.49. The normalized spacial score (nSPS) is 13.3. The van der Waals surface area contributed by atoms with Crippen LogP contribution in [0.1, 0.15) is 33.3 Å². The van der Waals surface area contributed by atoms with E-state index in [0.29, 0.717) is 0 Å². The van der Waals surface area contributed by atoms with Gasteiger partial charge in [-0.3, -0.25) is 0 Å². The Morgan fingerprint density at radius 2 is 1.68 bits per heavy atom. The molecule has 0 saturated carbocycles. The van der Waals surface area contributed by atoms with Crippen LogP contribution >= 0.6 is 0 Å². The summed E-state index contributed by atoms with van der Waals surface area (Å²) < 4.78 is 10.0. The SMILES string of the molecule is C[C@H](NC(=O)OCc1ccccc1)[C@H](NC(=O)OC(C)(C)C)C(=O)O. The summed E-state index contributed by atoms with van der Waals surface area (Å²) in [5, 5.41) is 13.9. The maximum atomic E-state index is 11.8. The molecule has 0 aliphatic heterocycles. The first-order valence-electron chi connectivity index (χ1n) is 7.78. The number of carboxylic acid groups (broad SMARTS) is 1. The van der Waals surface area contributed by atoms with E-state index < -0.39 is 35.8 Å². The van der Waals surface area contributed by atoms with Gasteiger partial charge in [0.05, 0.1) is 6.04 Å². The number of carbonyl (C=O) groups excluding carboxylic acids is 2. The third-order valence-electron chi connectivity index (χ3n) is 3.00. The van der Waals surface area contributed by atoms with Gasteiger partial charge < -0.3 is 25.2 Å². The number of carboxylic acids is 1. The smallest absolute Gasteiger partial charge is 0.408 e. The molecule has 0 aromatic heterocycles. The second-order valence-electron chi connectivity index (χ2n) is 6.46. The lowest BCUT2D eigenvalue weighted by molar-refractivity contribution is -0.140. The molecule has 1 rings (SSSR count). The van der Waals surface area contributed by atoms with E-state index in [1.165, 1.54) is 6.92 Å². The zero-order valence-corrected chi connectivity index (χ0v) is 14.7. The number of hydrogen-bond acceptors (Lipinski definition) is 5. The number of amides is 2. The quantitative estimate of drug-likeness (QED) is 0.724. The van der Waals surface area contributed by atoms with Gasteiger partial charge in [-0.25, -0.2) is 14.4 Å². The van der Waals surface area contributed by atoms with Gasteiger partial charge in [0.15, 0.2) is 0 Å². The second-order valence-corrected chi connectivity index (χ2v) is 6.46. The van der Waals surface area contributed by atoms with Crippen molar-refractivity contribution in [2.75, 3.05) is 0 Å². The van der Waals surface area contributed by atoms with Crippen molar-refractivity contribution in [2.24, 2.45) is 0 Å². The molecule has 8 nitrogen and oxygen atoms in total. The molecule has 1 aromatic carbocycles. The van der Waals surface area contributed by atoms with Gasteiger partial charge >= 0.3 is 18.2 Å². The van der Waals surface area contributed by atoms with E-state index in [1.807, 2.05) is 18.2 Å². The van der Waals surface area contributed by atoms with E-state index in [2.05, 4.69) is 10.6 Å². The Morgan fingerprint density at radius 3 is 2.20 bits per heavy atom. The Balaban J connectivity index is 2.55. The number of aliphatic carboxylic acids is 1. The fraction of sp³-hybridized carbons (Fsp3) is 0.471. The molecule has 0 spiro atoms. The zero-order chi connectivity index (χ0) is 19.0. The molecule has 0 saturated heterocycles. The molecule has 0 fully saturated rings. The fourth-order valence-electron chi connectivity index (χ4n) is 1.87. The average molecular weight is 352 g/mol. The van der Waals surface area contributed by atoms with Crippen molar-refractivity contribution in [2.45, 2.75) is 52.0 Å². The Labute approximate surface area is 146 Å². The molecule has 25 heavy (non-hydrogen) atoms. The molecule has 0 aliphatic carbocycles.